The highest BCUT2D eigenvalue weighted by Crippen LogP contribution is 2.31. The molecule has 6 heteroatoms. The number of hydrogen-bond donors (Lipinski definition) is 1. The minimum Gasteiger partial charge on any atom is -0.497 e. The fraction of sp³-hybridized carbons (Fsp3) is 0.632. The van der Waals surface area contributed by atoms with Crippen molar-refractivity contribution in [1.29, 1.82) is 0 Å². The van der Waals surface area contributed by atoms with E-state index in [1.807, 2.05) is 52.0 Å². The van der Waals surface area contributed by atoms with Crippen LogP contribution in [-0.4, -0.2) is 35.6 Å². The van der Waals surface area contributed by atoms with Gasteiger partial charge in [-0.3, -0.25) is 4.79 Å². The smallest absolute Gasteiger partial charge is 0.308 e. The van der Waals surface area contributed by atoms with E-state index in [-0.39, 0.29) is 10.7 Å². The van der Waals surface area contributed by atoms with Gasteiger partial charge in [0.1, 0.15) is 5.75 Å². The van der Waals surface area contributed by atoms with Crippen molar-refractivity contribution in [3.05, 3.63) is 29.8 Å². The molecule has 1 aromatic carbocycles. The van der Waals surface area contributed by atoms with E-state index >= 15 is 0 Å². The van der Waals surface area contributed by atoms with Gasteiger partial charge in [-0.25, -0.2) is 0 Å². The Morgan fingerprint density at radius 3 is 2.28 bits per heavy atom. The Kier molecular flexibility index (Phi) is 8.76. The van der Waals surface area contributed by atoms with Gasteiger partial charge in [0.25, 0.3) is 0 Å². The van der Waals surface area contributed by atoms with Crippen molar-refractivity contribution in [3.8, 4) is 5.75 Å². The first kappa shape index (κ1) is 21.8. The number of carboxylic acids is 1. The zero-order chi connectivity index (χ0) is 19.0. The Balaban J connectivity index is 2.57. The highest BCUT2D eigenvalue weighted by molar-refractivity contribution is 7.96. The van der Waals surface area contributed by atoms with Gasteiger partial charge in [-0.1, -0.05) is 19.1 Å². The molecule has 0 aliphatic carbocycles. The highest BCUT2D eigenvalue weighted by atomic mass is 32.2. The summed E-state index contributed by atoms with van der Waals surface area (Å²) in [5.74, 6) is -0.699. The Morgan fingerprint density at radius 2 is 1.80 bits per heavy atom. The summed E-state index contributed by atoms with van der Waals surface area (Å²) in [6, 6.07) is 7.68. The van der Waals surface area contributed by atoms with E-state index in [0.717, 1.165) is 11.3 Å². The van der Waals surface area contributed by atoms with Crippen LogP contribution in [0.3, 0.4) is 0 Å². The molecule has 142 valence electrons. The predicted octanol–water partition coefficient (Wildman–Crippen LogP) is 4.40. The Labute approximate surface area is 155 Å². The molecular weight excluding hydrogens is 340 g/mol. The van der Waals surface area contributed by atoms with Crippen LogP contribution in [0.5, 0.6) is 5.75 Å². The van der Waals surface area contributed by atoms with E-state index in [0.29, 0.717) is 13.2 Å². The van der Waals surface area contributed by atoms with Crippen molar-refractivity contribution in [2.24, 2.45) is 11.8 Å². The maximum atomic E-state index is 11.4. The van der Waals surface area contributed by atoms with Crippen molar-refractivity contribution in [3.63, 3.8) is 0 Å². The zero-order valence-electron chi connectivity index (χ0n) is 15.9. The maximum absolute atomic E-state index is 11.4. The molecule has 0 saturated carbocycles. The number of ether oxygens (including phenoxy) is 2. The van der Waals surface area contributed by atoms with E-state index in [1.54, 1.807) is 14.0 Å². The van der Waals surface area contributed by atoms with Crippen molar-refractivity contribution in [2.75, 3.05) is 13.7 Å². The van der Waals surface area contributed by atoms with Crippen LogP contribution in [0, 0.1) is 11.8 Å². The second kappa shape index (κ2) is 10.0. The molecule has 3 atom stereocenters. The number of aliphatic carboxylic acids is 1. The van der Waals surface area contributed by atoms with Gasteiger partial charge in [-0.15, -0.1) is 0 Å². The normalized spacial score (nSPS) is 15.4. The number of carbonyl (C=O) groups is 1. The number of methoxy groups -OCH3 is 1. The zero-order valence-corrected chi connectivity index (χ0v) is 16.8. The second-order valence-electron chi connectivity index (χ2n) is 7.22. The molecule has 0 fully saturated rings. The molecule has 0 aliphatic rings. The maximum Gasteiger partial charge on any atom is 0.308 e. The molecule has 1 N–H and O–H groups in total. The minimum atomic E-state index is -0.860. The van der Waals surface area contributed by atoms with Crippen LogP contribution in [0.25, 0.3) is 0 Å². The van der Waals surface area contributed by atoms with Gasteiger partial charge in [0, 0.05) is 10.7 Å². The van der Waals surface area contributed by atoms with E-state index < -0.39 is 18.0 Å². The van der Waals surface area contributed by atoms with E-state index in [2.05, 4.69) is 0 Å². The van der Waals surface area contributed by atoms with E-state index in [9.17, 15) is 9.90 Å². The molecule has 25 heavy (non-hydrogen) atoms. The second-order valence-corrected chi connectivity index (χ2v) is 8.81. The summed E-state index contributed by atoms with van der Waals surface area (Å²) in [4.78, 5) is 11.4. The first-order chi connectivity index (χ1) is 11.6. The average Bonchev–Trinajstić information content (AvgIpc) is 2.54. The van der Waals surface area contributed by atoms with Crippen molar-refractivity contribution in [1.82, 2.24) is 0 Å². The van der Waals surface area contributed by atoms with Crippen LogP contribution < -0.4 is 4.74 Å². The lowest BCUT2D eigenvalue weighted by Gasteiger charge is -2.29. The number of benzene rings is 1. The Bertz CT molecular complexity index is 524. The molecule has 0 radical (unpaired) electrons. The Hall–Kier alpha value is -1.24. The standard InChI is InChI=1S/C19H30O5S/c1-13(11-23-12-15-7-9-16(22-6)10-8-15)17(14(2)18(20)21)24-25-19(3,4)5/h7-10,13-14,17H,11-12H2,1-6H3,(H,20,21)/t13-,14?,17?/m0/s1. The van der Waals surface area contributed by atoms with E-state index in [1.165, 1.54) is 12.0 Å². The lowest BCUT2D eigenvalue weighted by Crippen LogP contribution is -2.35. The lowest BCUT2D eigenvalue weighted by molar-refractivity contribution is -0.145. The molecule has 1 aromatic rings. The summed E-state index contributed by atoms with van der Waals surface area (Å²) in [6.07, 6.45) is -0.419. The Morgan fingerprint density at radius 1 is 1.20 bits per heavy atom. The van der Waals surface area contributed by atoms with Gasteiger partial charge in [0.05, 0.1) is 32.3 Å². The molecule has 0 spiro atoms. The minimum absolute atomic E-state index is 0.0424. The van der Waals surface area contributed by atoms with Gasteiger partial charge >= 0.3 is 5.97 Å². The van der Waals surface area contributed by atoms with Gasteiger partial charge in [-0.05, 0) is 57.4 Å². The fourth-order valence-corrected chi connectivity index (χ4v) is 2.95. The van der Waals surface area contributed by atoms with Crippen LogP contribution in [-0.2, 0) is 20.3 Å². The predicted molar refractivity (Wildman–Crippen MR) is 101 cm³/mol. The molecule has 2 unspecified atom stereocenters. The molecule has 0 aliphatic heterocycles. The van der Waals surface area contributed by atoms with Crippen LogP contribution in [0.1, 0.15) is 40.2 Å². The van der Waals surface area contributed by atoms with Crippen LogP contribution in [0.4, 0.5) is 0 Å². The van der Waals surface area contributed by atoms with Gasteiger partial charge in [-0.2, -0.15) is 0 Å². The number of rotatable bonds is 10. The molecule has 0 saturated heterocycles. The third-order valence-electron chi connectivity index (χ3n) is 3.66. The molecule has 0 aromatic heterocycles. The van der Waals surface area contributed by atoms with Crippen LogP contribution >= 0.6 is 12.0 Å². The monoisotopic (exact) mass is 370 g/mol. The molecule has 5 nitrogen and oxygen atoms in total. The summed E-state index contributed by atoms with van der Waals surface area (Å²) in [5.41, 5.74) is 1.04. The third kappa shape index (κ3) is 8.12. The van der Waals surface area contributed by atoms with Gasteiger partial charge in [0.2, 0.25) is 0 Å². The largest absolute Gasteiger partial charge is 0.497 e. The van der Waals surface area contributed by atoms with Gasteiger partial charge in [0.15, 0.2) is 0 Å². The first-order valence-corrected chi connectivity index (χ1v) is 9.16. The number of carboxylic acid groups (broad SMARTS) is 1. The van der Waals surface area contributed by atoms with Crippen molar-refractivity contribution >= 4 is 18.0 Å². The molecule has 0 amide bonds. The quantitative estimate of drug-likeness (QED) is 0.616. The molecule has 0 heterocycles. The molecular formula is C19H30O5S. The summed E-state index contributed by atoms with van der Waals surface area (Å²) in [5, 5.41) is 9.34. The molecule has 1 rings (SSSR count). The van der Waals surface area contributed by atoms with Crippen LogP contribution in [0.2, 0.25) is 0 Å². The summed E-state index contributed by atoms with van der Waals surface area (Å²) >= 11 is 1.32. The van der Waals surface area contributed by atoms with Gasteiger partial charge < -0.3 is 18.8 Å². The first-order valence-electron chi connectivity index (χ1n) is 8.42. The molecule has 0 bridgehead atoms. The van der Waals surface area contributed by atoms with Crippen molar-refractivity contribution in [2.45, 2.75) is 52.1 Å². The average molecular weight is 371 g/mol. The topological polar surface area (TPSA) is 65.0 Å². The SMILES string of the molecule is COc1ccc(COC[C@H](C)C(OSC(C)(C)C)C(C)C(=O)O)cc1. The summed E-state index contributed by atoms with van der Waals surface area (Å²) in [7, 11) is 1.63. The lowest BCUT2D eigenvalue weighted by atomic mass is 9.94. The third-order valence-corrected chi connectivity index (χ3v) is 4.48. The summed E-state index contributed by atoms with van der Waals surface area (Å²) < 4.78 is 16.7. The van der Waals surface area contributed by atoms with Crippen molar-refractivity contribution < 1.29 is 23.6 Å². The van der Waals surface area contributed by atoms with E-state index in [4.69, 9.17) is 13.7 Å². The summed E-state index contributed by atoms with van der Waals surface area (Å²) in [6.45, 7) is 10.6. The number of hydrogen-bond acceptors (Lipinski definition) is 5. The van der Waals surface area contributed by atoms with Crippen LogP contribution in [0.15, 0.2) is 24.3 Å². The fourth-order valence-electron chi connectivity index (χ4n) is 2.19. The highest BCUT2D eigenvalue weighted by Gasteiger charge is 2.31.